The lowest BCUT2D eigenvalue weighted by Crippen LogP contribution is -2.43. The van der Waals surface area contributed by atoms with Crippen molar-refractivity contribution >= 4 is 5.91 Å². The van der Waals surface area contributed by atoms with Gasteiger partial charge in [-0.1, -0.05) is 12.1 Å². The summed E-state index contributed by atoms with van der Waals surface area (Å²) in [6, 6.07) is 11.2. The lowest BCUT2D eigenvalue weighted by atomic mass is 10.0. The topological polar surface area (TPSA) is 87.7 Å². The fourth-order valence-electron chi connectivity index (χ4n) is 4.79. The van der Waals surface area contributed by atoms with Crippen LogP contribution in [0.5, 0.6) is 23.0 Å². The summed E-state index contributed by atoms with van der Waals surface area (Å²) in [6.07, 6.45) is 0.719. The van der Waals surface area contributed by atoms with Gasteiger partial charge in [0, 0.05) is 62.9 Å². The van der Waals surface area contributed by atoms with Gasteiger partial charge in [-0.2, -0.15) is 0 Å². The first-order valence-electron chi connectivity index (χ1n) is 13.3. The minimum atomic E-state index is -0.0438. The van der Waals surface area contributed by atoms with Crippen LogP contribution in [0.15, 0.2) is 36.4 Å². The summed E-state index contributed by atoms with van der Waals surface area (Å²) in [5.74, 6) is 2.79. The summed E-state index contributed by atoms with van der Waals surface area (Å²) in [6.45, 7) is 8.77. The molecular weight excluding hydrogens is 488 g/mol. The van der Waals surface area contributed by atoms with E-state index in [9.17, 15) is 4.79 Å². The summed E-state index contributed by atoms with van der Waals surface area (Å²) in [7, 11) is 3.25. The van der Waals surface area contributed by atoms with Gasteiger partial charge < -0.3 is 38.6 Å². The fraction of sp³-hybridized carbons (Fsp3) is 0.552. The SMILES string of the molecule is COCCCOc1cc(C(=O)N(C[C@@H]2CNC[C@H]2OCc2cccc3c2OCCO3)C(C)C)ccc1OC. The van der Waals surface area contributed by atoms with E-state index in [0.717, 1.165) is 36.6 Å². The fourth-order valence-corrected chi connectivity index (χ4v) is 4.79. The summed E-state index contributed by atoms with van der Waals surface area (Å²) in [5.41, 5.74) is 1.54. The molecule has 0 unspecified atom stereocenters. The molecule has 0 saturated carbocycles. The zero-order chi connectivity index (χ0) is 26.9. The van der Waals surface area contributed by atoms with Crippen LogP contribution in [0.3, 0.4) is 0 Å². The molecule has 2 aromatic carbocycles. The van der Waals surface area contributed by atoms with E-state index < -0.39 is 0 Å². The third-order valence-electron chi connectivity index (χ3n) is 6.85. The second-order valence-electron chi connectivity index (χ2n) is 9.82. The highest BCUT2D eigenvalue weighted by Crippen LogP contribution is 2.34. The standard InChI is InChI=1S/C29H40N2O7/c1-20(2)31(29(32)21-9-10-24(34-4)26(15-21)35-12-6-11-33-3)18-23-16-30-17-27(23)38-19-22-7-5-8-25-28(22)37-14-13-36-25/h5,7-10,15,20,23,27,30H,6,11-14,16-19H2,1-4H3/t23-,27+/m0/s1. The van der Waals surface area contributed by atoms with Gasteiger partial charge in [-0.05, 0) is 38.1 Å². The van der Waals surface area contributed by atoms with Gasteiger partial charge >= 0.3 is 0 Å². The highest BCUT2D eigenvalue weighted by molar-refractivity contribution is 5.95. The van der Waals surface area contributed by atoms with E-state index in [0.29, 0.717) is 56.6 Å². The highest BCUT2D eigenvalue weighted by Gasteiger charge is 2.33. The van der Waals surface area contributed by atoms with Crippen molar-refractivity contribution in [2.45, 2.75) is 39.0 Å². The molecule has 0 aromatic heterocycles. The monoisotopic (exact) mass is 528 g/mol. The van der Waals surface area contributed by atoms with Gasteiger partial charge in [0.1, 0.15) is 13.2 Å². The number of hydrogen-bond acceptors (Lipinski definition) is 8. The number of rotatable bonds is 13. The Bertz CT molecular complexity index is 1060. The molecule has 9 heteroatoms. The van der Waals surface area contributed by atoms with Crippen molar-refractivity contribution in [3.8, 4) is 23.0 Å². The van der Waals surface area contributed by atoms with Crippen LogP contribution in [0, 0.1) is 5.92 Å². The summed E-state index contributed by atoms with van der Waals surface area (Å²) in [5, 5.41) is 3.44. The molecule has 0 spiro atoms. The highest BCUT2D eigenvalue weighted by atomic mass is 16.6. The Balaban J connectivity index is 1.42. The molecule has 1 saturated heterocycles. The number of methoxy groups -OCH3 is 2. The number of amides is 1. The number of fused-ring (bicyclic) bond motifs is 1. The molecule has 208 valence electrons. The third-order valence-corrected chi connectivity index (χ3v) is 6.85. The number of carbonyl (C=O) groups excluding carboxylic acids is 1. The summed E-state index contributed by atoms with van der Waals surface area (Å²) >= 11 is 0. The van der Waals surface area contributed by atoms with Crippen molar-refractivity contribution in [3.63, 3.8) is 0 Å². The number of benzene rings is 2. The van der Waals surface area contributed by atoms with Crippen molar-refractivity contribution in [3.05, 3.63) is 47.5 Å². The predicted molar refractivity (Wildman–Crippen MR) is 144 cm³/mol. The molecule has 0 bridgehead atoms. The lowest BCUT2D eigenvalue weighted by Gasteiger charge is -2.32. The van der Waals surface area contributed by atoms with Crippen LogP contribution >= 0.6 is 0 Å². The smallest absolute Gasteiger partial charge is 0.254 e. The molecular formula is C29H40N2O7. The lowest BCUT2D eigenvalue weighted by molar-refractivity contribution is 0.0114. The van der Waals surface area contributed by atoms with Crippen molar-refractivity contribution in [2.75, 3.05) is 60.3 Å². The molecule has 1 amide bonds. The van der Waals surface area contributed by atoms with Crippen LogP contribution < -0.4 is 24.3 Å². The molecule has 9 nitrogen and oxygen atoms in total. The molecule has 4 rings (SSSR count). The van der Waals surface area contributed by atoms with E-state index in [1.54, 1.807) is 32.4 Å². The number of carbonyl (C=O) groups is 1. The van der Waals surface area contributed by atoms with Gasteiger partial charge in [0.05, 0.1) is 26.4 Å². The van der Waals surface area contributed by atoms with E-state index >= 15 is 0 Å². The number of ether oxygens (including phenoxy) is 6. The van der Waals surface area contributed by atoms with Crippen LogP contribution in [0.4, 0.5) is 0 Å². The Hall–Kier alpha value is -3.01. The first-order valence-corrected chi connectivity index (χ1v) is 13.3. The summed E-state index contributed by atoms with van der Waals surface area (Å²) < 4.78 is 34.3. The van der Waals surface area contributed by atoms with Gasteiger partial charge in [0.15, 0.2) is 23.0 Å². The maximum Gasteiger partial charge on any atom is 0.254 e. The molecule has 38 heavy (non-hydrogen) atoms. The Morgan fingerprint density at radius 1 is 1.08 bits per heavy atom. The molecule has 0 radical (unpaired) electrons. The average Bonchev–Trinajstić information content (AvgIpc) is 3.39. The van der Waals surface area contributed by atoms with E-state index in [2.05, 4.69) is 5.32 Å². The molecule has 2 aliphatic heterocycles. The molecule has 2 atom stereocenters. The third kappa shape index (κ3) is 6.89. The van der Waals surface area contributed by atoms with E-state index in [-0.39, 0.29) is 24.0 Å². The molecule has 1 fully saturated rings. The molecule has 0 aliphatic carbocycles. The van der Waals surface area contributed by atoms with Crippen LogP contribution in [0.25, 0.3) is 0 Å². The molecule has 2 heterocycles. The second kappa shape index (κ2) is 13.7. The van der Waals surface area contributed by atoms with Crippen molar-refractivity contribution < 1.29 is 33.2 Å². The summed E-state index contributed by atoms with van der Waals surface area (Å²) in [4.78, 5) is 15.6. The van der Waals surface area contributed by atoms with Crippen LogP contribution in [-0.4, -0.2) is 83.2 Å². The van der Waals surface area contributed by atoms with Gasteiger partial charge in [0.2, 0.25) is 0 Å². The second-order valence-corrected chi connectivity index (χ2v) is 9.82. The first kappa shape index (κ1) is 28.0. The zero-order valence-electron chi connectivity index (χ0n) is 22.9. The zero-order valence-corrected chi connectivity index (χ0v) is 22.9. The minimum Gasteiger partial charge on any atom is -0.493 e. The van der Waals surface area contributed by atoms with Gasteiger partial charge in [-0.3, -0.25) is 4.79 Å². The molecule has 1 N–H and O–H groups in total. The van der Waals surface area contributed by atoms with Gasteiger partial charge in [-0.25, -0.2) is 0 Å². The van der Waals surface area contributed by atoms with Gasteiger partial charge in [0.25, 0.3) is 5.91 Å². The number of nitrogens with one attached hydrogen (secondary N) is 1. The largest absolute Gasteiger partial charge is 0.493 e. The number of hydrogen-bond donors (Lipinski definition) is 1. The molecule has 2 aliphatic rings. The van der Waals surface area contributed by atoms with Crippen molar-refractivity contribution in [1.82, 2.24) is 10.2 Å². The van der Waals surface area contributed by atoms with Crippen LogP contribution in [0.2, 0.25) is 0 Å². The van der Waals surface area contributed by atoms with Crippen molar-refractivity contribution in [1.29, 1.82) is 0 Å². The molecule has 2 aromatic rings. The van der Waals surface area contributed by atoms with E-state index in [1.807, 2.05) is 36.9 Å². The number of nitrogens with zero attached hydrogens (tertiary/aromatic N) is 1. The Morgan fingerprint density at radius 2 is 1.92 bits per heavy atom. The maximum absolute atomic E-state index is 13.7. The Kier molecular flexibility index (Phi) is 10.1. The van der Waals surface area contributed by atoms with Crippen LogP contribution in [0.1, 0.15) is 36.2 Å². The van der Waals surface area contributed by atoms with E-state index in [4.69, 9.17) is 28.4 Å². The number of para-hydroxylation sites is 1. The predicted octanol–water partition coefficient (Wildman–Crippen LogP) is 3.54. The quantitative estimate of drug-likeness (QED) is 0.395. The first-order chi connectivity index (χ1) is 18.5. The normalized spacial score (nSPS) is 18.4. The van der Waals surface area contributed by atoms with Crippen molar-refractivity contribution in [2.24, 2.45) is 5.92 Å². The maximum atomic E-state index is 13.7. The Labute approximate surface area is 225 Å². The van der Waals surface area contributed by atoms with Crippen LogP contribution in [-0.2, 0) is 16.1 Å². The minimum absolute atomic E-state index is 0.0172. The Morgan fingerprint density at radius 3 is 2.71 bits per heavy atom. The van der Waals surface area contributed by atoms with E-state index in [1.165, 1.54) is 0 Å². The average molecular weight is 529 g/mol. The van der Waals surface area contributed by atoms with Gasteiger partial charge in [-0.15, -0.1) is 0 Å².